The van der Waals surface area contributed by atoms with Gasteiger partial charge in [-0.1, -0.05) is 12.1 Å². The summed E-state index contributed by atoms with van der Waals surface area (Å²) < 4.78 is 5.40. The molecule has 1 unspecified atom stereocenters. The Morgan fingerprint density at radius 3 is 2.60 bits per heavy atom. The van der Waals surface area contributed by atoms with Gasteiger partial charge in [0.1, 0.15) is 6.17 Å². The Morgan fingerprint density at radius 1 is 1.25 bits per heavy atom. The van der Waals surface area contributed by atoms with Crippen LogP contribution in [0.4, 0.5) is 0 Å². The number of ether oxygens (including phenoxy) is 1. The van der Waals surface area contributed by atoms with Crippen LogP contribution in [0, 0.1) is 0 Å². The zero-order chi connectivity index (χ0) is 13.9. The van der Waals surface area contributed by atoms with Crippen molar-refractivity contribution in [2.45, 2.75) is 29.9 Å². The monoisotopic (exact) mass is 292 g/mol. The molecule has 0 spiro atoms. The first-order chi connectivity index (χ1) is 9.79. The van der Waals surface area contributed by atoms with E-state index in [2.05, 4.69) is 35.8 Å². The maximum absolute atomic E-state index is 12.2. The maximum Gasteiger partial charge on any atom is 0.238 e. The Bertz CT molecular complexity index is 471. The minimum absolute atomic E-state index is 0.0153. The highest BCUT2D eigenvalue weighted by Gasteiger charge is 2.37. The van der Waals surface area contributed by atoms with E-state index in [0.29, 0.717) is 12.6 Å². The predicted molar refractivity (Wildman–Crippen MR) is 79.7 cm³/mol. The number of nitrogens with one attached hydrogen (secondary N) is 1. The number of rotatable bonds is 3. The summed E-state index contributed by atoms with van der Waals surface area (Å²) in [4.78, 5) is 15.5. The van der Waals surface area contributed by atoms with Gasteiger partial charge in [0.25, 0.3) is 0 Å². The number of thioether (sulfide) groups is 1. The Balaban J connectivity index is 1.80. The number of hydrogen-bond donors (Lipinski definition) is 1. The van der Waals surface area contributed by atoms with E-state index in [-0.39, 0.29) is 12.1 Å². The molecule has 5 heteroatoms. The molecule has 0 radical (unpaired) electrons. The van der Waals surface area contributed by atoms with E-state index in [1.165, 1.54) is 10.5 Å². The van der Waals surface area contributed by atoms with E-state index in [9.17, 15) is 4.79 Å². The standard InChI is InChI=1S/C15H20N2O2S/c1-20-13-4-2-11(3-5-13)15-16-10-14(18)17(15)12-6-8-19-9-7-12/h2-5,12,15-16H,6-10H2,1H3. The summed E-state index contributed by atoms with van der Waals surface area (Å²) in [5.41, 5.74) is 1.17. The van der Waals surface area contributed by atoms with Crippen LogP contribution in [0.1, 0.15) is 24.6 Å². The predicted octanol–water partition coefficient (Wildman–Crippen LogP) is 2.02. The molecule has 1 atom stereocenters. The molecule has 3 rings (SSSR count). The van der Waals surface area contributed by atoms with E-state index in [1.54, 1.807) is 11.8 Å². The van der Waals surface area contributed by atoms with Crippen LogP contribution in [0.25, 0.3) is 0 Å². The number of benzene rings is 1. The third kappa shape index (κ3) is 2.71. The summed E-state index contributed by atoms with van der Waals surface area (Å²) in [5.74, 6) is 0.204. The summed E-state index contributed by atoms with van der Waals surface area (Å²) in [6, 6.07) is 8.78. The molecule has 2 aliphatic heterocycles. The largest absolute Gasteiger partial charge is 0.381 e. The number of amides is 1. The van der Waals surface area contributed by atoms with Gasteiger partial charge in [0, 0.05) is 24.2 Å². The number of carbonyl (C=O) groups is 1. The Kier molecular flexibility index (Phi) is 4.29. The zero-order valence-electron chi connectivity index (χ0n) is 11.7. The highest BCUT2D eigenvalue weighted by atomic mass is 32.2. The minimum Gasteiger partial charge on any atom is -0.381 e. The van der Waals surface area contributed by atoms with E-state index >= 15 is 0 Å². The van der Waals surface area contributed by atoms with Crippen LogP contribution in [0.2, 0.25) is 0 Å². The van der Waals surface area contributed by atoms with Gasteiger partial charge in [-0.15, -0.1) is 11.8 Å². The third-order valence-corrected chi connectivity index (χ3v) is 4.77. The SMILES string of the molecule is CSc1ccc(C2NCC(=O)N2C2CCOCC2)cc1. The molecule has 1 aromatic rings. The number of carbonyl (C=O) groups excluding carboxylic acids is 1. The van der Waals surface area contributed by atoms with Crippen molar-refractivity contribution in [2.24, 2.45) is 0 Å². The van der Waals surface area contributed by atoms with Crippen LogP contribution in [-0.2, 0) is 9.53 Å². The molecule has 0 aromatic heterocycles. The second kappa shape index (κ2) is 6.16. The Morgan fingerprint density at radius 2 is 1.95 bits per heavy atom. The molecule has 0 bridgehead atoms. The lowest BCUT2D eigenvalue weighted by atomic mass is 10.0. The van der Waals surface area contributed by atoms with Crippen molar-refractivity contribution in [1.29, 1.82) is 0 Å². The lowest BCUT2D eigenvalue weighted by Gasteiger charge is -2.35. The van der Waals surface area contributed by atoms with Crippen molar-refractivity contribution in [1.82, 2.24) is 10.2 Å². The van der Waals surface area contributed by atoms with Crippen LogP contribution in [0.3, 0.4) is 0 Å². The summed E-state index contributed by atoms with van der Waals surface area (Å²) >= 11 is 1.73. The molecule has 4 nitrogen and oxygen atoms in total. The van der Waals surface area contributed by atoms with Crippen molar-refractivity contribution in [3.05, 3.63) is 29.8 Å². The molecule has 108 valence electrons. The van der Waals surface area contributed by atoms with E-state index in [4.69, 9.17) is 4.74 Å². The third-order valence-electron chi connectivity index (χ3n) is 4.03. The molecule has 2 aliphatic rings. The van der Waals surface area contributed by atoms with Crippen LogP contribution in [0.15, 0.2) is 29.2 Å². The molecule has 1 N–H and O–H groups in total. The van der Waals surface area contributed by atoms with Gasteiger partial charge >= 0.3 is 0 Å². The highest BCUT2D eigenvalue weighted by molar-refractivity contribution is 7.98. The van der Waals surface area contributed by atoms with E-state index in [0.717, 1.165) is 26.1 Å². The maximum atomic E-state index is 12.2. The molecule has 2 fully saturated rings. The fraction of sp³-hybridized carbons (Fsp3) is 0.533. The van der Waals surface area contributed by atoms with Crippen LogP contribution >= 0.6 is 11.8 Å². The quantitative estimate of drug-likeness (QED) is 0.866. The molecule has 1 amide bonds. The van der Waals surface area contributed by atoms with Gasteiger partial charge in [-0.2, -0.15) is 0 Å². The lowest BCUT2D eigenvalue weighted by Crippen LogP contribution is -2.42. The summed E-state index contributed by atoms with van der Waals surface area (Å²) in [6.07, 6.45) is 3.96. The Labute approximate surface area is 123 Å². The lowest BCUT2D eigenvalue weighted by molar-refractivity contribution is -0.132. The fourth-order valence-electron chi connectivity index (χ4n) is 2.96. The van der Waals surface area contributed by atoms with Crippen LogP contribution < -0.4 is 5.32 Å². The van der Waals surface area contributed by atoms with Crippen LogP contribution in [-0.4, -0.2) is 42.9 Å². The van der Waals surface area contributed by atoms with Gasteiger partial charge in [-0.3, -0.25) is 10.1 Å². The van der Waals surface area contributed by atoms with Gasteiger partial charge in [-0.05, 0) is 36.8 Å². The summed E-state index contributed by atoms with van der Waals surface area (Å²) in [6.45, 7) is 1.95. The summed E-state index contributed by atoms with van der Waals surface area (Å²) in [7, 11) is 0. The topological polar surface area (TPSA) is 41.6 Å². The molecular formula is C15H20N2O2S. The number of nitrogens with zero attached hydrogens (tertiary/aromatic N) is 1. The average Bonchev–Trinajstić information content (AvgIpc) is 2.90. The van der Waals surface area contributed by atoms with Crippen molar-refractivity contribution >= 4 is 17.7 Å². The highest BCUT2D eigenvalue weighted by Crippen LogP contribution is 2.29. The van der Waals surface area contributed by atoms with Crippen molar-refractivity contribution in [3.8, 4) is 0 Å². The first-order valence-corrected chi connectivity index (χ1v) is 8.28. The fourth-order valence-corrected chi connectivity index (χ4v) is 3.37. The average molecular weight is 292 g/mol. The number of hydrogen-bond acceptors (Lipinski definition) is 4. The first kappa shape index (κ1) is 13.9. The molecule has 1 aromatic carbocycles. The molecule has 2 heterocycles. The van der Waals surface area contributed by atoms with Crippen molar-refractivity contribution in [3.63, 3.8) is 0 Å². The minimum atomic E-state index is 0.0153. The second-order valence-electron chi connectivity index (χ2n) is 5.20. The molecule has 0 saturated carbocycles. The van der Waals surface area contributed by atoms with Crippen LogP contribution in [0.5, 0.6) is 0 Å². The molecule has 0 aliphatic carbocycles. The zero-order valence-corrected chi connectivity index (χ0v) is 12.5. The van der Waals surface area contributed by atoms with Gasteiger partial charge in [0.2, 0.25) is 5.91 Å². The van der Waals surface area contributed by atoms with E-state index < -0.39 is 0 Å². The normalized spacial score (nSPS) is 24.4. The molecule has 2 saturated heterocycles. The second-order valence-corrected chi connectivity index (χ2v) is 6.08. The van der Waals surface area contributed by atoms with Gasteiger partial charge in [-0.25, -0.2) is 0 Å². The van der Waals surface area contributed by atoms with Gasteiger partial charge < -0.3 is 9.64 Å². The van der Waals surface area contributed by atoms with Crippen molar-refractivity contribution in [2.75, 3.05) is 26.0 Å². The van der Waals surface area contributed by atoms with E-state index in [1.807, 2.05) is 4.90 Å². The first-order valence-electron chi connectivity index (χ1n) is 7.06. The Hall–Kier alpha value is -1.04. The summed E-state index contributed by atoms with van der Waals surface area (Å²) in [5, 5.41) is 3.34. The van der Waals surface area contributed by atoms with Crippen molar-refractivity contribution < 1.29 is 9.53 Å². The smallest absolute Gasteiger partial charge is 0.238 e. The molecular weight excluding hydrogens is 272 g/mol. The van der Waals surface area contributed by atoms with Gasteiger partial charge in [0.05, 0.1) is 6.54 Å². The van der Waals surface area contributed by atoms with Gasteiger partial charge in [0.15, 0.2) is 0 Å². The molecule has 20 heavy (non-hydrogen) atoms.